The smallest absolute Gasteiger partial charge is 0.0151 e. The van der Waals surface area contributed by atoms with Crippen LogP contribution < -0.4 is 0 Å². The molecule has 0 aliphatic rings. The molecule has 0 aromatic heterocycles. The Morgan fingerprint density at radius 1 is 1.25 bits per heavy atom. The summed E-state index contributed by atoms with van der Waals surface area (Å²) in [4.78, 5) is 0. The molecule has 0 amide bonds. The van der Waals surface area contributed by atoms with E-state index >= 15 is 0 Å². The molecule has 0 aliphatic heterocycles. The van der Waals surface area contributed by atoms with E-state index < -0.39 is 0 Å². The minimum Gasteiger partial charge on any atom is -0.217 e. The quantitative estimate of drug-likeness (QED) is 0.520. The molecule has 1 aromatic carbocycles. The summed E-state index contributed by atoms with van der Waals surface area (Å²) in [5.41, 5.74) is 1.41. The molecule has 0 unspecified atom stereocenters. The summed E-state index contributed by atoms with van der Waals surface area (Å²) < 4.78 is 9.35. The average Bonchev–Trinajstić information content (AvgIpc) is 2.07. The molecule has 0 spiro atoms. The van der Waals surface area contributed by atoms with Crippen molar-refractivity contribution in [1.29, 1.82) is 0 Å². The topological polar surface area (TPSA) is 29.5 Å². The third kappa shape index (κ3) is 4.82. The molecule has 0 heterocycles. The van der Waals surface area contributed by atoms with Crippen LogP contribution in [0.4, 0.5) is 4.53 Å². The van der Waals surface area contributed by atoms with Gasteiger partial charge >= 0.3 is 0 Å². The molecule has 0 saturated heterocycles. The number of halogens is 1. The average molecular weight is 172 g/mol. The molecule has 1 N–H and O–H groups in total. The zero-order valence-electron chi connectivity index (χ0n) is 7.20. The summed E-state index contributed by atoms with van der Waals surface area (Å²) in [6.45, 7) is 4.41. The molecule has 12 heavy (non-hydrogen) atoms. The van der Waals surface area contributed by atoms with Crippen LogP contribution in [0.25, 0.3) is 0 Å². The van der Waals surface area contributed by atoms with Crippen LogP contribution in [0.3, 0.4) is 0 Å². The second-order valence-corrected chi connectivity index (χ2v) is 2.63. The molecule has 68 valence electrons. The van der Waals surface area contributed by atoms with Gasteiger partial charge in [0.1, 0.15) is 0 Å². The lowest BCUT2D eigenvalue weighted by atomic mass is 10.0. The number of benzene rings is 1. The molecule has 0 aliphatic carbocycles. The van der Waals surface area contributed by atoms with E-state index in [4.69, 9.17) is 5.26 Å². The highest BCUT2D eigenvalue weighted by molar-refractivity contribution is 5.17. The lowest BCUT2D eigenvalue weighted by molar-refractivity contribution is -0.397. The second-order valence-electron chi connectivity index (χ2n) is 2.63. The number of rotatable bonds is 1. The Labute approximate surface area is 71.4 Å². The Balaban J connectivity index is 0.000000354. The first-order chi connectivity index (χ1) is 5.72. The van der Waals surface area contributed by atoms with E-state index in [2.05, 4.69) is 38.1 Å². The van der Waals surface area contributed by atoms with Crippen molar-refractivity contribution in [2.24, 2.45) is 0 Å². The monoisotopic (exact) mass is 172 g/mol. The van der Waals surface area contributed by atoms with Crippen molar-refractivity contribution in [3.63, 3.8) is 0 Å². The van der Waals surface area contributed by atoms with E-state index in [1.807, 2.05) is 6.07 Å². The van der Waals surface area contributed by atoms with Crippen LogP contribution in [-0.4, -0.2) is 5.26 Å². The Bertz CT molecular complexity index is 187. The Kier molecular flexibility index (Phi) is 6.24. The van der Waals surface area contributed by atoms with Gasteiger partial charge in [0.05, 0.1) is 0 Å². The summed E-state index contributed by atoms with van der Waals surface area (Å²) in [6.07, 6.45) is 0. The summed E-state index contributed by atoms with van der Waals surface area (Å²) in [5, 5.41) is 8.15. The van der Waals surface area contributed by atoms with Gasteiger partial charge in [-0.15, -0.1) is 0 Å². The van der Waals surface area contributed by atoms with Crippen molar-refractivity contribution in [3.05, 3.63) is 35.9 Å². The van der Waals surface area contributed by atoms with Crippen molar-refractivity contribution in [2.75, 3.05) is 0 Å². The van der Waals surface area contributed by atoms with Gasteiger partial charge in [0.2, 0.25) is 0 Å². The standard InChI is InChI=1S/C9H12.FHO2/c1-8(2)9-6-4-3-5-7-9;1-3-2/h3-8H,1-2H3;2H. The first-order valence-corrected chi connectivity index (χ1v) is 3.69. The largest absolute Gasteiger partial charge is 0.217 e. The maximum atomic E-state index is 9.35. The summed E-state index contributed by atoms with van der Waals surface area (Å²) >= 11 is 0. The highest BCUT2D eigenvalue weighted by Gasteiger charge is 1.93. The van der Waals surface area contributed by atoms with Crippen molar-refractivity contribution in [1.82, 2.24) is 0 Å². The van der Waals surface area contributed by atoms with Crippen LogP contribution in [0.1, 0.15) is 25.3 Å². The zero-order chi connectivity index (χ0) is 9.40. The minimum absolute atomic E-state index is 0.659. The molecule has 0 atom stereocenters. The Morgan fingerprint density at radius 2 is 1.67 bits per heavy atom. The van der Waals surface area contributed by atoms with E-state index in [0.29, 0.717) is 5.92 Å². The van der Waals surface area contributed by atoms with Crippen molar-refractivity contribution in [2.45, 2.75) is 19.8 Å². The Hall–Kier alpha value is -0.930. The Morgan fingerprint density at radius 3 is 1.92 bits per heavy atom. The number of hydrogen-bond acceptors (Lipinski definition) is 2. The summed E-state index contributed by atoms with van der Waals surface area (Å²) in [5.74, 6) is 0.659. The number of hydrogen-bond donors (Lipinski definition) is 1. The van der Waals surface area contributed by atoms with Crippen molar-refractivity contribution >= 4 is 0 Å². The lowest BCUT2D eigenvalue weighted by Gasteiger charge is -2.01. The van der Waals surface area contributed by atoms with Gasteiger partial charge in [-0.25, -0.2) is 5.26 Å². The van der Waals surface area contributed by atoms with Gasteiger partial charge in [-0.3, -0.25) is 0 Å². The first-order valence-electron chi connectivity index (χ1n) is 3.69. The predicted molar refractivity (Wildman–Crippen MR) is 45.4 cm³/mol. The van der Waals surface area contributed by atoms with Gasteiger partial charge in [-0.1, -0.05) is 44.2 Å². The molecular weight excluding hydrogens is 159 g/mol. The third-order valence-corrected chi connectivity index (χ3v) is 1.47. The van der Waals surface area contributed by atoms with Crippen LogP contribution in [0.5, 0.6) is 0 Å². The van der Waals surface area contributed by atoms with Gasteiger partial charge in [-0.2, -0.15) is 0 Å². The van der Waals surface area contributed by atoms with Gasteiger partial charge in [0.15, 0.2) is 0 Å². The van der Waals surface area contributed by atoms with Crippen molar-refractivity contribution in [3.8, 4) is 0 Å². The SMILES string of the molecule is CC(C)c1ccccc1.OOF. The van der Waals surface area contributed by atoms with Gasteiger partial charge in [0.25, 0.3) is 0 Å². The fourth-order valence-corrected chi connectivity index (χ4v) is 0.838. The van der Waals surface area contributed by atoms with Gasteiger partial charge in [-0.05, 0) is 21.1 Å². The highest BCUT2D eigenvalue weighted by atomic mass is 19.3. The van der Waals surface area contributed by atoms with Crippen LogP contribution in [0.2, 0.25) is 0 Å². The molecule has 2 nitrogen and oxygen atoms in total. The normalized spacial score (nSPS) is 9.08. The third-order valence-electron chi connectivity index (χ3n) is 1.47. The van der Waals surface area contributed by atoms with Crippen LogP contribution in [0.15, 0.2) is 30.3 Å². The fraction of sp³-hybridized carbons (Fsp3) is 0.333. The lowest BCUT2D eigenvalue weighted by Crippen LogP contribution is -1.83. The maximum Gasteiger partial charge on any atom is -0.0151 e. The van der Waals surface area contributed by atoms with Crippen LogP contribution >= 0.6 is 0 Å². The van der Waals surface area contributed by atoms with Crippen LogP contribution in [-0.2, 0) is 5.09 Å². The van der Waals surface area contributed by atoms with Crippen LogP contribution in [0, 0.1) is 0 Å². The maximum absolute atomic E-state index is 9.35. The summed E-state index contributed by atoms with van der Waals surface area (Å²) in [6, 6.07) is 10.5. The molecule has 0 bridgehead atoms. The molecule has 1 rings (SSSR count). The van der Waals surface area contributed by atoms with Gasteiger partial charge < -0.3 is 0 Å². The van der Waals surface area contributed by atoms with E-state index in [1.54, 1.807) is 5.09 Å². The van der Waals surface area contributed by atoms with Gasteiger partial charge in [0, 0.05) is 0 Å². The highest BCUT2D eigenvalue weighted by Crippen LogP contribution is 2.11. The second kappa shape index (κ2) is 6.76. The molecule has 0 saturated carbocycles. The molecule has 3 heteroatoms. The molecule has 0 fully saturated rings. The van der Waals surface area contributed by atoms with E-state index in [-0.39, 0.29) is 0 Å². The predicted octanol–water partition coefficient (Wildman–Crippen LogP) is 3.17. The molecular formula is C9H13FO2. The summed E-state index contributed by atoms with van der Waals surface area (Å²) in [7, 11) is 0. The molecule has 1 aromatic rings. The first kappa shape index (κ1) is 11.1. The minimum atomic E-state index is 0.659. The van der Waals surface area contributed by atoms with Crippen molar-refractivity contribution < 1.29 is 14.9 Å². The van der Waals surface area contributed by atoms with E-state index in [1.165, 1.54) is 5.56 Å². The molecule has 0 radical (unpaired) electrons. The van der Waals surface area contributed by atoms with E-state index in [0.717, 1.165) is 0 Å². The van der Waals surface area contributed by atoms with E-state index in [9.17, 15) is 4.53 Å². The zero-order valence-corrected chi connectivity index (χ0v) is 7.20. The fourth-order valence-electron chi connectivity index (χ4n) is 0.838.